The Morgan fingerprint density at radius 2 is 2.29 bits per heavy atom. The van der Waals surface area contributed by atoms with Crippen LogP contribution < -0.4 is 5.23 Å². The highest BCUT2D eigenvalue weighted by atomic mass is 16.4. The molecule has 0 amide bonds. The number of hydrogen-bond donors (Lipinski definition) is 3. The molecule has 14 heavy (non-hydrogen) atoms. The van der Waals surface area contributed by atoms with Crippen molar-refractivity contribution >= 4 is 13.0 Å². The molecule has 0 aliphatic heterocycles. The SMILES string of the molecule is CB(O)NCC1CCCC(C(=O)O)C1. The molecule has 0 radical (unpaired) electrons. The van der Waals surface area contributed by atoms with Gasteiger partial charge in [-0.1, -0.05) is 6.42 Å². The molecule has 5 heteroatoms. The molecule has 80 valence electrons. The van der Waals surface area contributed by atoms with Crippen molar-refractivity contribution in [3.8, 4) is 0 Å². The molecule has 3 N–H and O–H groups in total. The molecule has 1 aliphatic rings. The highest BCUT2D eigenvalue weighted by Gasteiger charge is 2.26. The molecule has 1 aliphatic carbocycles. The standard InChI is InChI=1S/C9H18BNO3/c1-10(14)11-6-7-3-2-4-8(5-7)9(12)13/h7-8,11,14H,2-6H2,1H3,(H,12,13). The first-order chi connectivity index (χ1) is 6.59. The summed E-state index contributed by atoms with van der Waals surface area (Å²) in [7, 11) is -0.500. The molecule has 0 heterocycles. The predicted molar refractivity (Wildman–Crippen MR) is 54.9 cm³/mol. The zero-order valence-corrected chi connectivity index (χ0v) is 8.57. The first kappa shape index (κ1) is 11.5. The van der Waals surface area contributed by atoms with E-state index in [-0.39, 0.29) is 5.92 Å². The Morgan fingerprint density at radius 3 is 2.86 bits per heavy atom. The van der Waals surface area contributed by atoms with Gasteiger partial charge in [-0.25, -0.2) is 0 Å². The van der Waals surface area contributed by atoms with Gasteiger partial charge in [-0.05, 0) is 38.5 Å². The number of hydrogen-bond acceptors (Lipinski definition) is 3. The van der Waals surface area contributed by atoms with Gasteiger partial charge in [0.05, 0.1) is 5.92 Å². The normalized spacial score (nSPS) is 27.3. The average molecular weight is 199 g/mol. The summed E-state index contributed by atoms with van der Waals surface area (Å²) in [4.78, 5) is 10.8. The van der Waals surface area contributed by atoms with Crippen LogP contribution in [0.3, 0.4) is 0 Å². The molecule has 0 aromatic rings. The van der Waals surface area contributed by atoms with E-state index in [0.29, 0.717) is 5.92 Å². The van der Waals surface area contributed by atoms with Crippen LogP contribution in [-0.4, -0.2) is 29.7 Å². The van der Waals surface area contributed by atoms with E-state index in [1.54, 1.807) is 6.82 Å². The fourth-order valence-electron chi connectivity index (χ4n) is 2.04. The second kappa shape index (κ2) is 5.36. The lowest BCUT2D eigenvalue weighted by Crippen LogP contribution is -2.37. The third-order valence-electron chi connectivity index (χ3n) is 2.83. The first-order valence-electron chi connectivity index (χ1n) is 5.24. The second-order valence-electron chi connectivity index (χ2n) is 4.15. The van der Waals surface area contributed by atoms with Crippen molar-refractivity contribution in [1.29, 1.82) is 0 Å². The molecular formula is C9H18BNO3. The average Bonchev–Trinajstić information content (AvgIpc) is 2.15. The topological polar surface area (TPSA) is 69.6 Å². The van der Waals surface area contributed by atoms with Crippen molar-refractivity contribution in [2.75, 3.05) is 6.54 Å². The fourth-order valence-corrected chi connectivity index (χ4v) is 2.04. The van der Waals surface area contributed by atoms with E-state index in [0.717, 1.165) is 32.2 Å². The zero-order chi connectivity index (χ0) is 10.6. The largest absolute Gasteiger partial charge is 0.481 e. The van der Waals surface area contributed by atoms with Crippen molar-refractivity contribution in [2.45, 2.75) is 32.5 Å². The van der Waals surface area contributed by atoms with E-state index in [1.165, 1.54) is 0 Å². The molecule has 2 unspecified atom stereocenters. The van der Waals surface area contributed by atoms with E-state index in [1.807, 2.05) is 0 Å². The summed E-state index contributed by atoms with van der Waals surface area (Å²) < 4.78 is 0. The van der Waals surface area contributed by atoms with Gasteiger partial charge in [-0.15, -0.1) is 0 Å². The minimum atomic E-state index is -0.674. The minimum Gasteiger partial charge on any atom is -0.481 e. The van der Waals surface area contributed by atoms with E-state index in [4.69, 9.17) is 10.1 Å². The summed E-state index contributed by atoms with van der Waals surface area (Å²) in [5.74, 6) is -0.448. The number of carbonyl (C=O) groups is 1. The van der Waals surface area contributed by atoms with Crippen molar-refractivity contribution in [1.82, 2.24) is 5.23 Å². The highest BCUT2D eigenvalue weighted by molar-refractivity contribution is 6.45. The Labute approximate surface area is 84.8 Å². The smallest absolute Gasteiger partial charge is 0.373 e. The first-order valence-corrected chi connectivity index (χ1v) is 5.24. The van der Waals surface area contributed by atoms with Crippen LogP contribution in [0.2, 0.25) is 6.82 Å². The summed E-state index contributed by atoms with van der Waals surface area (Å²) in [6, 6.07) is 0. The van der Waals surface area contributed by atoms with Gasteiger partial charge < -0.3 is 15.4 Å². The molecule has 0 bridgehead atoms. The highest BCUT2D eigenvalue weighted by Crippen LogP contribution is 2.28. The van der Waals surface area contributed by atoms with Gasteiger partial charge in [0.1, 0.15) is 0 Å². The van der Waals surface area contributed by atoms with Gasteiger partial charge >= 0.3 is 13.0 Å². The number of nitrogens with one attached hydrogen (secondary N) is 1. The number of aliphatic carboxylic acids is 1. The molecular weight excluding hydrogens is 181 g/mol. The Bertz CT molecular complexity index is 198. The number of carboxylic acids is 1. The summed E-state index contributed by atoms with van der Waals surface area (Å²) in [5, 5.41) is 20.8. The Kier molecular flexibility index (Phi) is 4.42. The van der Waals surface area contributed by atoms with Crippen LogP contribution in [0, 0.1) is 11.8 Å². The predicted octanol–water partition coefficient (Wildman–Crippen LogP) is 0.577. The van der Waals surface area contributed by atoms with Crippen molar-refractivity contribution in [2.24, 2.45) is 11.8 Å². The van der Waals surface area contributed by atoms with Gasteiger partial charge in [-0.3, -0.25) is 4.79 Å². The Hall–Kier alpha value is -0.545. The third-order valence-corrected chi connectivity index (χ3v) is 2.83. The fraction of sp³-hybridized carbons (Fsp3) is 0.889. The maximum atomic E-state index is 10.8. The van der Waals surface area contributed by atoms with E-state index in [9.17, 15) is 4.79 Å². The Morgan fingerprint density at radius 1 is 1.57 bits per heavy atom. The Balaban J connectivity index is 2.29. The van der Waals surface area contributed by atoms with Crippen LogP contribution in [0.5, 0.6) is 0 Å². The van der Waals surface area contributed by atoms with Gasteiger partial charge in [0, 0.05) is 0 Å². The second-order valence-corrected chi connectivity index (χ2v) is 4.15. The lowest BCUT2D eigenvalue weighted by molar-refractivity contribution is -0.143. The molecule has 2 atom stereocenters. The lowest BCUT2D eigenvalue weighted by atomic mass is 9.79. The molecule has 1 fully saturated rings. The van der Waals surface area contributed by atoms with Gasteiger partial charge in [0.2, 0.25) is 0 Å². The molecule has 0 aromatic carbocycles. The quantitative estimate of drug-likeness (QED) is 0.579. The molecule has 1 saturated carbocycles. The number of carboxylic acid groups (broad SMARTS) is 1. The third kappa shape index (κ3) is 3.68. The van der Waals surface area contributed by atoms with Crippen LogP contribution in [0.25, 0.3) is 0 Å². The van der Waals surface area contributed by atoms with E-state index >= 15 is 0 Å². The van der Waals surface area contributed by atoms with Crippen LogP contribution in [0.4, 0.5) is 0 Å². The van der Waals surface area contributed by atoms with E-state index < -0.39 is 13.0 Å². The van der Waals surface area contributed by atoms with Gasteiger partial charge in [0.25, 0.3) is 0 Å². The van der Waals surface area contributed by atoms with Crippen molar-refractivity contribution in [3.63, 3.8) is 0 Å². The summed E-state index contributed by atoms with van der Waals surface area (Å²) >= 11 is 0. The summed E-state index contributed by atoms with van der Waals surface area (Å²) in [5.41, 5.74) is 0. The lowest BCUT2D eigenvalue weighted by Gasteiger charge is -2.26. The van der Waals surface area contributed by atoms with Gasteiger partial charge in [0.15, 0.2) is 0 Å². The molecule has 0 aromatic heterocycles. The van der Waals surface area contributed by atoms with Gasteiger partial charge in [-0.2, -0.15) is 0 Å². The molecule has 4 nitrogen and oxygen atoms in total. The van der Waals surface area contributed by atoms with Crippen LogP contribution in [0.1, 0.15) is 25.7 Å². The van der Waals surface area contributed by atoms with Crippen molar-refractivity contribution in [3.05, 3.63) is 0 Å². The summed E-state index contributed by atoms with van der Waals surface area (Å²) in [6.45, 7) is 2.40. The van der Waals surface area contributed by atoms with Crippen LogP contribution in [0.15, 0.2) is 0 Å². The van der Waals surface area contributed by atoms with Crippen molar-refractivity contribution < 1.29 is 14.9 Å². The van der Waals surface area contributed by atoms with Crippen LogP contribution in [-0.2, 0) is 4.79 Å². The molecule has 1 rings (SSSR count). The molecule has 0 saturated heterocycles. The maximum absolute atomic E-state index is 10.8. The maximum Gasteiger partial charge on any atom is 0.373 e. The van der Waals surface area contributed by atoms with E-state index in [2.05, 4.69) is 5.23 Å². The zero-order valence-electron chi connectivity index (χ0n) is 8.57. The summed E-state index contributed by atoms with van der Waals surface area (Å²) in [6.07, 6.45) is 3.61. The monoisotopic (exact) mass is 199 g/mol. The number of rotatable bonds is 4. The molecule has 0 spiro atoms. The minimum absolute atomic E-state index is 0.176. The van der Waals surface area contributed by atoms with Crippen LogP contribution >= 0.6 is 0 Å².